The summed E-state index contributed by atoms with van der Waals surface area (Å²) in [5.41, 5.74) is 0. The van der Waals surface area contributed by atoms with Crippen molar-refractivity contribution in [1.29, 1.82) is 0 Å². The molecule has 0 aromatic carbocycles. The van der Waals surface area contributed by atoms with Crippen molar-refractivity contribution in [1.82, 2.24) is 0 Å². The van der Waals surface area contributed by atoms with Gasteiger partial charge in [-0.05, 0) is 70.6 Å². The second kappa shape index (κ2) is 38.7. The predicted octanol–water partition coefficient (Wildman–Crippen LogP) is 14.3. The van der Waals surface area contributed by atoms with E-state index in [1.807, 2.05) is 21.1 Å². The molecule has 57 heavy (non-hydrogen) atoms. The number of unbranched alkanes of at least 4 members (excludes halogenated alkanes) is 24. The highest BCUT2D eigenvalue weighted by Gasteiger charge is 2.43. The third-order valence-electron chi connectivity index (χ3n) is 10.8. The molecule has 0 saturated carbocycles. The van der Waals surface area contributed by atoms with E-state index in [4.69, 9.17) is 14.0 Å². The van der Waals surface area contributed by atoms with Gasteiger partial charge in [-0.3, -0.25) is 14.2 Å². The number of rotatable bonds is 42. The molecule has 2 unspecified atom stereocenters. The van der Waals surface area contributed by atoms with E-state index in [0.29, 0.717) is 12.8 Å². The Kier molecular flexibility index (Phi) is 37.7. The Morgan fingerprint density at radius 2 is 0.895 bits per heavy atom. The molecule has 0 aliphatic heterocycles. The third-order valence-corrected chi connectivity index (χ3v) is 13.0. The predicted molar refractivity (Wildman–Crippen MR) is 241 cm³/mol. The van der Waals surface area contributed by atoms with Gasteiger partial charge in [0.15, 0.2) is 11.9 Å². The monoisotopic (exact) mass is 827 g/mol. The fraction of sp³-hybridized carbons (Fsp3) is 0.875. The highest BCUT2D eigenvalue weighted by Crippen LogP contribution is 2.52. The average Bonchev–Trinajstić information content (AvgIpc) is 3.17. The molecule has 9 heteroatoms. The molecule has 0 aliphatic rings. The summed E-state index contributed by atoms with van der Waals surface area (Å²) >= 11 is 0. The minimum Gasteiger partial charge on any atom is -0.462 e. The van der Waals surface area contributed by atoms with Crippen LogP contribution in [-0.4, -0.2) is 67.6 Å². The number of ether oxygens (including phenoxy) is 2. The van der Waals surface area contributed by atoms with Crippen LogP contribution in [0.15, 0.2) is 24.3 Å². The first-order valence-electron chi connectivity index (χ1n) is 23.9. The first-order valence-corrected chi connectivity index (χ1v) is 25.6. The maximum atomic E-state index is 13.5. The Labute approximate surface area is 352 Å². The topological polar surface area (TPSA) is 99.1 Å². The number of nitrogens with zero attached hydrogens (tertiary/aromatic N) is 1. The lowest BCUT2D eigenvalue weighted by molar-refractivity contribution is -0.883. The van der Waals surface area contributed by atoms with Crippen LogP contribution in [0, 0.1) is 0 Å². The Hall–Kier alpha value is -1.47. The zero-order chi connectivity index (χ0) is 42.3. The zero-order valence-corrected chi connectivity index (χ0v) is 39.2. The minimum atomic E-state index is -4.08. The number of esters is 2. The van der Waals surface area contributed by atoms with Crippen LogP contribution in [0.3, 0.4) is 0 Å². The lowest BCUT2D eigenvalue weighted by Gasteiger charge is -2.36. The fourth-order valence-corrected chi connectivity index (χ4v) is 9.08. The van der Waals surface area contributed by atoms with Gasteiger partial charge >= 0.3 is 19.5 Å². The molecule has 8 nitrogen and oxygen atoms in total. The van der Waals surface area contributed by atoms with Gasteiger partial charge in [-0.2, -0.15) is 0 Å². The quantitative estimate of drug-likeness (QED) is 0.0215. The molecule has 0 aliphatic carbocycles. The van der Waals surface area contributed by atoms with E-state index in [1.165, 1.54) is 96.3 Å². The molecule has 0 amide bonds. The number of quaternary nitrogens is 1. The van der Waals surface area contributed by atoms with Gasteiger partial charge in [0.05, 0.1) is 27.7 Å². The third kappa shape index (κ3) is 36.1. The smallest absolute Gasteiger partial charge is 0.385 e. The Balaban J connectivity index is 4.68. The summed E-state index contributed by atoms with van der Waals surface area (Å²) < 4.78 is 30.8. The first kappa shape index (κ1) is 55.5. The first-order chi connectivity index (χ1) is 27.5. The number of carbonyl (C=O) groups excluding carboxylic acids is 2. The molecule has 0 aromatic rings. The van der Waals surface area contributed by atoms with Crippen molar-refractivity contribution in [2.24, 2.45) is 0 Å². The Morgan fingerprint density at radius 3 is 1.32 bits per heavy atom. The summed E-state index contributed by atoms with van der Waals surface area (Å²) in [4.78, 5) is 36.6. The summed E-state index contributed by atoms with van der Waals surface area (Å²) in [6.45, 7) is 6.13. The van der Waals surface area contributed by atoms with Crippen LogP contribution in [-0.2, 0) is 28.2 Å². The van der Waals surface area contributed by atoms with Crippen molar-refractivity contribution in [3.8, 4) is 0 Å². The Bertz CT molecular complexity index is 1040. The highest BCUT2D eigenvalue weighted by atomic mass is 31.2. The summed E-state index contributed by atoms with van der Waals surface area (Å²) in [5.74, 6) is -1.35. The van der Waals surface area contributed by atoms with Gasteiger partial charge in [0, 0.05) is 19.3 Å². The van der Waals surface area contributed by atoms with Crippen LogP contribution in [0.1, 0.15) is 226 Å². The summed E-state index contributed by atoms with van der Waals surface area (Å²) in [7, 11) is 1.60. The van der Waals surface area contributed by atoms with Crippen LogP contribution >= 0.6 is 7.60 Å². The molecule has 0 heterocycles. The fourth-order valence-electron chi connectivity index (χ4n) is 7.14. The number of carbonyl (C=O) groups is 2. The number of hydrogen-bond donors (Lipinski definition) is 1. The molecule has 0 aromatic heterocycles. The zero-order valence-electron chi connectivity index (χ0n) is 38.3. The van der Waals surface area contributed by atoms with Gasteiger partial charge in [0.2, 0.25) is 0 Å². The standard InChI is InChI=1S/C48H92NO7P/c1-7-10-13-15-17-19-21-23-25-27-29-31-33-35-38-41-47(50)54-43-45(44-55-57(52,53)46(49(4,5)6)40-37-12-9-3)56-48(51)42-39-36-34-32-30-28-26-24-22-20-18-16-14-11-8-2/h23-26,45-46H,7-22,27-44H2,1-6H3/p+1/b25-23-,26-24-/t45-,46?/m1/s1. The maximum Gasteiger partial charge on any atom is 0.385 e. The molecular weight excluding hydrogens is 734 g/mol. The lowest BCUT2D eigenvalue weighted by atomic mass is 10.1. The van der Waals surface area contributed by atoms with Gasteiger partial charge in [0.25, 0.3) is 0 Å². The molecular formula is C48H93NO7P+. The molecule has 1 N–H and O–H groups in total. The lowest BCUT2D eigenvalue weighted by Crippen LogP contribution is -2.45. The highest BCUT2D eigenvalue weighted by molar-refractivity contribution is 7.53. The summed E-state index contributed by atoms with van der Waals surface area (Å²) in [6, 6.07) is 0. The van der Waals surface area contributed by atoms with Crippen molar-refractivity contribution >= 4 is 19.5 Å². The van der Waals surface area contributed by atoms with Crippen molar-refractivity contribution in [2.75, 3.05) is 34.4 Å². The van der Waals surface area contributed by atoms with Crippen LogP contribution in [0.4, 0.5) is 0 Å². The van der Waals surface area contributed by atoms with Gasteiger partial charge in [-0.25, -0.2) is 0 Å². The van der Waals surface area contributed by atoms with Crippen LogP contribution in [0.5, 0.6) is 0 Å². The molecule has 0 rings (SSSR count). The molecule has 0 saturated heterocycles. The van der Waals surface area contributed by atoms with E-state index < -0.39 is 25.5 Å². The van der Waals surface area contributed by atoms with Gasteiger partial charge < -0.3 is 23.4 Å². The van der Waals surface area contributed by atoms with Crippen molar-refractivity contribution in [3.05, 3.63) is 24.3 Å². The summed E-state index contributed by atoms with van der Waals surface area (Å²) in [5, 5.41) is 0. The van der Waals surface area contributed by atoms with E-state index in [1.54, 1.807) is 0 Å². The normalized spacial score (nSPS) is 14.3. The van der Waals surface area contributed by atoms with Crippen molar-refractivity contribution in [2.45, 2.75) is 238 Å². The van der Waals surface area contributed by atoms with E-state index >= 15 is 0 Å². The number of allylic oxidation sites excluding steroid dienone is 4. The maximum absolute atomic E-state index is 13.5. The van der Waals surface area contributed by atoms with Gasteiger partial charge in [0.1, 0.15) is 6.61 Å². The average molecular weight is 827 g/mol. The van der Waals surface area contributed by atoms with Crippen molar-refractivity contribution in [3.63, 3.8) is 0 Å². The minimum absolute atomic E-state index is 0.188. The summed E-state index contributed by atoms with van der Waals surface area (Å²) in [6.07, 6.45) is 43.0. The second-order valence-corrected chi connectivity index (χ2v) is 19.4. The second-order valence-electron chi connectivity index (χ2n) is 17.4. The van der Waals surface area contributed by atoms with Gasteiger partial charge in [-0.1, -0.05) is 161 Å². The van der Waals surface area contributed by atoms with Gasteiger partial charge in [-0.15, -0.1) is 0 Å². The van der Waals surface area contributed by atoms with Crippen LogP contribution in [0.25, 0.3) is 0 Å². The van der Waals surface area contributed by atoms with Crippen LogP contribution < -0.4 is 0 Å². The van der Waals surface area contributed by atoms with E-state index in [0.717, 1.165) is 89.9 Å². The van der Waals surface area contributed by atoms with E-state index in [2.05, 4.69) is 45.1 Å². The molecule has 336 valence electrons. The number of hydrogen-bond acceptors (Lipinski definition) is 6. The van der Waals surface area contributed by atoms with Crippen molar-refractivity contribution < 1.29 is 37.5 Å². The molecule has 0 radical (unpaired) electrons. The molecule has 0 spiro atoms. The molecule has 0 bridgehead atoms. The van der Waals surface area contributed by atoms with E-state index in [9.17, 15) is 19.0 Å². The Morgan fingerprint density at radius 1 is 0.526 bits per heavy atom. The SMILES string of the molecule is CCCCCCCC/C=C\CCCCCCCC(=O)OC[C@H](COP(=O)(O)C(CCCCC)[N+](C)(C)C)OC(=O)CCCCCCC/C=C\CCCCCCCC. The molecule has 3 atom stereocenters. The van der Waals surface area contributed by atoms with Crippen LogP contribution in [0.2, 0.25) is 0 Å². The molecule has 0 fully saturated rings. The van der Waals surface area contributed by atoms with E-state index in [-0.39, 0.29) is 30.1 Å². The largest absolute Gasteiger partial charge is 0.462 e.